The molecule has 114 valence electrons. The Balaban J connectivity index is 1.94. The second-order valence-electron chi connectivity index (χ2n) is 6.79. The van der Waals surface area contributed by atoms with Crippen LogP contribution >= 0.6 is 0 Å². The molecule has 0 aromatic heterocycles. The zero-order valence-electron chi connectivity index (χ0n) is 13.1. The third kappa shape index (κ3) is 1.84. The highest BCUT2D eigenvalue weighted by molar-refractivity contribution is 6.10. The maximum absolute atomic E-state index is 12.8. The number of carbonyl (C=O) groups excluding carboxylic acids is 1. The first kappa shape index (κ1) is 13.6. The lowest BCUT2D eigenvalue weighted by atomic mass is 9.67. The second-order valence-corrected chi connectivity index (χ2v) is 6.79. The topological polar surface area (TPSA) is 38.3 Å². The Morgan fingerprint density at radius 3 is 2.91 bits per heavy atom. The van der Waals surface area contributed by atoms with Crippen LogP contribution in [-0.2, 0) is 0 Å². The van der Waals surface area contributed by atoms with Crippen LogP contribution < -0.4 is 10.1 Å². The predicted molar refractivity (Wildman–Crippen MR) is 87.6 cm³/mol. The molecule has 1 heterocycles. The molecule has 1 aliphatic carbocycles. The van der Waals surface area contributed by atoms with E-state index < -0.39 is 0 Å². The van der Waals surface area contributed by atoms with E-state index in [1.165, 1.54) is 18.4 Å². The van der Waals surface area contributed by atoms with E-state index in [1.54, 1.807) is 7.11 Å². The van der Waals surface area contributed by atoms with E-state index in [4.69, 9.17) is 4.74 Å². The van der Waals surface area contributed by atoms with Crippen molar-refractivity contribution in [1.29, 1.82) is 0 Å². The van der Waals surface area contributed by atoms with Gasteiger partial charge in [-0.1, -0.05) is 25.0 Å². The van der Waals surface area contributed by atoms with Gasteiger partial charge in [-0.3, -0.25) is 4.79 Å². The third-order valence-corrected chi connectivity index (χ3v) is 5.47. The van der Waals surface area contributed by atoms with Gasteiger partial charge in [0.25, 0.3) is 5.91 Å². The molecule has 4 rings (SSSR count). The molecular weight excluding hydrogens is 274 g/mol. The highest BCUT2D eigenvalue weighted by Gasteiger charge is 2.44. The number of benzene rings is 2. The van der Waals surface area contributed by atoms with E-state index in [2.05, 4.69) is 24.4 Å². The van der Waals surface area contributed by atoms with Crippen molar-refractivity contribution in [3.63, 3.8) is 0 Å². The number of methoxy groups -OCH3 is 1. The highest BCUT2D eigenvalue weighted by atomic mass is 16.5. The normalized spacial score (nSPS) is 27.0. The van der Waals surface area contributed by atoms with Crippen LogP contribution in [0.2, 0.25) is 0 Å². The molecule has 3 nitrogen and oxygen atoms in total. The highest BCUT2D eigenvalue weighted by Crippen LogP contribution is 2.46. The Labute approximate surface area is 130 Å². The molecular formula is C19H21NO2. The van der Waals surface area contributed by atoms with E-state index in [0.29, 0.717) is 5.92 Å². The Morgan fingerprint density at radius 2 is 2.09 bits per heavy atom. The zero-order chi connectivity index (χ0) is 15.3. The first-order chi connectivity index (χ1) is 10.6. The van der Waals surface area contributed by atoms with Crippen LogP contribution in [0.4, 0.5) is 0 Å². The number of amides is 1. The fourth-order valence-electron chi connectivity index (χ4n) is 4.30. The molecule has 0 spiro atoms. The van der Waals surface area contributed by atoms with Crippen molar-refractivity contribution >= 4 is 16.7 Å². The monoisotopic (exact) mass is 295 g/mol. The summed E-state index contributed by atoms with van der Waals surface area (Å²) >= 11 is 0. The Morgan fingerprint density at radius 1 is 1.23 bits per heavy atom. The largest absolute Gasteiger partial charge is 0.497 e. The summed E-state index contributed by atoms with van der Waals surface area (Å²) in [4.78, 5) is 12.8. The Bertz CT molecular complexity index is 767. The van der Waals surface area contributed by atoms with Gasteiger partial charge in [-0.2, -0.15) is 0 Å². The molecule has 0 bridgehead atoms. The second kappa shape index (κ2) is 4.73. The molecule has 1 fully saturated rings. The molecule has 1 amide bonds. The summed E-state index contributed by atoms with van der Waals surface area (Å²) in [5.74, 6) is 1.33. The van der Waals surface area contributed by atoms with Crippen molar-refractivity contribution in [3.8, 4) is 5.75 Å². The maximum Gasteiger partial charge on any atom is 0.252 e. The van der Waals surface area contributed by atoms with Crippen molar-refractivity contribution < 1.29 is 9.53 Å². The zero-order valence-corrected chi connectivity index (χ0v) is 13.1. The average molecular weight is 295 g/mol. The summed E-state index contributed by atoms with van der Waals surface area (Å²) < 4.78 is 5.29. The van der Waals surface area contributed by atoms with Gasteiger partial charge in [-0.05, 0) is 54.3 Å². The Kier molecular flexibility index (Phi) is 2.93. The molecule has 2 unspecified atom stereocenters. The van der Waals surface area contributed by atoms with Gasteiger partial charge in [0.2, 0.25) is 0 Å². The summed E-state index contributed by atoms with van der Waals surface area (Å²) in [7, 11) is 1.67. The van der Waals surface area contributed by atoms with Crippen LogP contribution in [0.3, 0.4) is 0 Å². The molecule has 22 heavy (non-hydrogen) atoms. The first-order valence-electron chi connectivity index (χ1n) is 8.05. The van der Waals surface area contributed by atoms with E-state index in [9.17, 15) is 4.79 Å². The number of hydrogen-bond donors (Lipinski definition) is 1. The number of fused-ring (bicyclic) bond motifs is 5. The summed E-state index contributed by atoms with van der Waals surface area (Å²) in [6.45, 7) is 2.20. The van der Waals surface area contributed by atoms with Crippen molar-refractivity contribution in [2.75, 3.05) is 7.11 Å². The molecule has 2 aromatic carbocycles. The quantitative estimate of drug-likeness (QED) is 0.863. The standard InChI is InChI=1S/C19H21NO2/c1-19-10-4-3-5-16(19)15-8-6-12-11-13(22-2)7-9-14(12)17(15)18(21)20-19/h6-9,11,16H,3-5,10H2,1-2H3,(H,20,21). The van der Waals surface area contributed by atoms with Crippen LogP contribution in [0.15, 0.2) is 30.3 Å². The molecule has 2 aromatic rings. The summed E-state index contributed by atoms with van der Waals surface area (Å²) in [5.41, 5.74) is 2.01. The number of hydrogen-bond acceptors (Lipinski definition) is 2. The molecule has 0 radical (unpaired) electrons. The van der Waals surface area contributed by atoms with Crippen molar-refractivity contribution in [3.05, 3.63) is 41.5 Å². The van der Waals surface area contributed by atoms with E-state index in [-0.39, 0.29) is 11.4 Å². The molecule has 0 saturated heterocycles. The van der Waals surface area contributed by atoms with Crippen LogP contribution in [0.25, 0.3) is 10.8 Å². The van der Waals surface area contributed by atoms with Crippen LogP contribution in [0.5, 0.6) is 5.75 Å². The van der Waals surface area contributed by atoms with Crippen LogP contribution in [0, 0.1) is 0 Å². The molecule has 1 saturated carbocycles. The minimum absolute atomic E-state index is 0.0754. The van der Waals surface area contributed by atoms with Crippen LogP contribution in [-0.4, -0.2) is 18.6 Å². The number of rotatable bonds is 1. The lowest BCUT2D eigenvalue weighted by Crippen LogP contribution is -2.55. The first-order valence-corrected chi connectivity index (χ1v) is 8.05. The van der Waals surface area contributed by atoms with Gasteiger partial charge in [-0.15, -0.1) is 0 Å². The van der Waals surface area contributed by atoms with Gasteiger partial charge in [0, 0.05) is 11.5 Å². The maximum atomic E-state index is 12.8. The van der Waals surface area contributed by atoms with E-state index in [1.807, 2.05) is 18.2 Å². The van der Waals surface area contributed by atoms with Crippen molar-refractivity contribution in [2.24, 2.45) is 0 Å². The predicted octanol–water partition coefficient (Wildman–Crippen LogP) is 4.01. The van der Waals surface area contributed by atoms with Crippen molar-refractivity contribution in [1.82, 2.24) is 5.32 Å². The summed E-state index contributed by atoms with van der Waals surface area (Å²) in [5, 5.41) is 5.40. The van der Waals surface area contributed by atoms with Gasteiger partial charge in [0.05, 0.1) is 12.7 Å². The fraction of sp³-hybridized carbons (Fsp3) is 0.421. The lowest BCUT2D eigenvalue weighted by molar-refractivity contribution is 0.0831. The number of carbonyl (C=O) groups is 1. The minimum Gasteiger partial charge on any atom is -0.497 e. The molecule has 1 N–H and O–H groups in total. The third-order valence-electron chi connectivity index (χ3n) is 5.47. The van der Waals surface area contributed by atoms with Gasteiger partial charge < -0.3 is 10.1 Å². The van der Waals surface area contributed by atoms with Gasteiger partial charge in [0.1, 0.15) is 5.75 Å². The summed E-state index contributed by atoms with van der Waals surface area (Å²) in [6, 6.07) is 10.2. The van der Waals surface area contributed by atoms with Gasteiger partial charge >= 0.3 is 0 Å². The minimum atomic E-state index is -0.0809. The molecule has 3 heteroatoms. The number of nitrogens with one attached hydrogen (secondary N) is 1. The summed E-state index contributed by atoms with van der Waals surface area (Å²) in [6.07, 6.45) is 4.68. The lowest BCUT2D eigenvalue weighted by Gasteiger charge is -2.46. The van der Waals surface area contributed by atoms with E-state index >= 15 is 0 Å². The van der Waals surface area contributed by atoms with Crippen LogP contribution in [0.1, 0.15) is 54.4 Å². The van der Waals surface area contributed by atoms with Crippen molar-refractivity contribution in [2.45, 2.75) is 44.1 Å². The van der Waals surface area contributed by atoms with Gasteiger partial charge in [0.15, 0.2) is 0 Å². The smallest absolute Gasteiger partial charge is 0.252 e. The molecule has 2 atom stereocenters. The van der Waals surface area contributed by atoms with E-state index in [0.717, 1.165) is 34.9 Å². The fourth-order valence-corrected chi connectivity index (χ4v) is 4.30. The molecule has 2 aliphatic rings. The molecule has 1 aliphatic heterocycles. The Hall–Kier alpha value is -2.03. The number of ether oxygens (including phenoxy) is 1. The van der Waals surface area contributed by atoms with Gasteiger partial charge in [-0.25, -0.2) is 0 Å². The SMILES string of the molecule is COc1ccc2c3c(ccc2c1)C1CCCCC1(C)NC3=O. The average Bonchev–Trinajstić information content (AvgIpc) is 2.53.